The van der Waals surface area contributed by atoms with Crippen LogP contribution >= 0.6 is 15.9 Å². The lowest BCUT2D eigenvalue weighted by molar-refractivity contribution is -0.133. The molecule has 3 atom stereocenters. The predicted molar refractivity (Wildman–Crippen MR) is 61.9 cm³/mol. The van der Waals surface area contributed by atoms with Crippen molar-refractivity contribution < 1.29 is 9.90 Å². The zero-order valence-corrected chi connectivity index (χ0v) is 10.4. The second-order valence-electron chi connectivity index (χ2n) is 4.65. The number of rotatable bonds is 2. The van der Waals surface area contributed by atoms with Gasteiger partial charge in [0.25, 0.3) is 0 Å². The number of amides is 1. The number of carbonyl (C=O) groups is 1. The Labute approximate surface area is 99.0 Å². The fourth-order valence-electron chi connectivity index (χ4n) is 2.59. The molecule has 4 heteroatoms. The highest BCUT2D eigenvalue weighted by molar-refractivity contribution is 9.10. The van der Waals surface area contributed by atoms with E-state index in [-0.39, 0.29) is 16.8 Å². The van der Waals surface area contributed by atoms with Crippen LogP contribution in [0.4, 0.5) is 0 Å². The van der Waals surface area contributed by atoms with Gasteiger partial charge in [0.15, 0.2) is 0 Å². The molecule has 3 nitrogen and oxygen atoms in total. The lowest BCUT2D eigenvalue weighted by Gasteiger charge is -2.32. The molecule has 1 saturated heterocycles. The normalized spacial score (nSPS) is 37.3. The van der Waals surface area contributed by atoms with E-state index in [4.69, 9.17) is 0 Å². The summed E-state index contributed by atoms with van der Waals surface area (Å²) in [5, 5.41) is 9.72. The maximum atomic E-state index is 11.8. The predicted octanol–water partition coefficient (Wildman–Crippen LogP) is 1.53. The average molecular weight is 276 g/mol. The molecule has 0 aromatic carbocycles. The van der Waals surface area contributed by atoms with Gasteiger partial charge in [-0.1, -0.05) is 22.4 Å². The Morgan fingerprint density at radius 3 is 2.80 bits per heavy atom. The van der Waals surface area contributed by atoms with E-state index in [2.05, 4.69) is 15.9 Å². The maximum absolute atomic E-state index is 11.8. The molecule has 1 amide bonds. The SMILES string of the molecule is O=C1C(Br)CCCN1CC1CCCC1O. The molecule has 0 aromatic rings. The highest BCUT2D eigenvalue weighted by Gasteiger charge is 2.32. The molecule has 1 N–H and O–H groups in total. The summed E-state index contributed by atoms with van der Waals surface area (Å²) in [6, 6.07) is 0. The second kappa shape index (κ2) is 4.83. The van der Waals surface area contributed by atoms with Crippen LogP contribution in [0.15, 0.2) is 0 Å². The van der Waals surface area contributed by atoms with Gasteiger partial charge in [0.2, 0.25) is 5.91 Å². The van der Waals surface area contributed by atoms with Crippen LogP contribution in [0.2, 0.25) is 0 Å². The van der Waals surface area contributed by atoms with Crippen LogP contribution in [0.5, 0.6) is 0 Å². The third-order valence-electron chi connectivity index (χ3n) is 3.54. The summed E-state index contributed by atoms with van der Waals surface area (Å²) < 4.78 is 0. The molecule has 15 heavy (non-hydrogen) atoms. The van der Waals surface area contributed by atoms with Gasteiger partial charge >= 0.3 is 0 Å². The summed E-state index contributed by atoms with van der Waals surface area (Å²) in [5.74, 6) is 0.520. The minimum absolute atomic E-state index is 0.00444. The molecule has 1 aliphatic heterocycles. The lowest BCUT2D eigenvalue weighted by Crippen LogP contribution is -2.45. The first-order valence-corrected chi connectivity index (χ1v) is 6.71. The molecule has 0 aromatic heterocycles. The summed E-state index contributed by atoms with van der Waals surface area (Å²) >= 11 is 3.40. The molecular weight excluding hydrogens is 258 g/mol. The van der Waals surface area contributed by atoms with Crippen LogP contribution < -0.4 is 0 Å². The molecule has 3 unspecified atom stereocenters. The molecule has 0 spiro atoms. The number of likely N-dealkylation sites (tertiary alicyclic amines) is 1. The Hall–Kier alpha value is -0.0900. The van der Waals surface area contributed by atoms with Crippen LogP contribution in [-0.4, -0.2) is 39.9 Å². The van der Waals surface area contributed by atoms with Gasteiger partial charge < -0.3 is 10.0 Å². The number of halogens is 1. The van der Waals surface area contributed by atoms with Gasteiger partial charge in [-0.2, -0.15) is 0 Å². The van der Waals surface area contributed by atoms with Crippen LogP contribution in [0.25, 0.3) is 0 Å². The van der Waals surface area contributed by atoms with E-state index in [9.17, 15) is 9.90 Å². The summed E-state index contributed by atoms with van der Waals surface area (Å²) in [4.78, 5) is 13.7. The van der Waals surface area contributed by atoms with Crippen molar-refractivity contribution in [1.82, 2.24) is 4.90 Å². The van der Waals surface area contributed by atoms with E-state index in [1.807, 2.05) is 4.90 Å². The summed E-state index contributed by atoms with van der Waals surface area (Å²) in [6.07, 6.45) is 4.91. The van der Waals surface area contributed by atoms with Crippen LogP contribution in [0.1, 0.15) is 32.1 Å². The van der Waals surface area contributed by atoms with Gasteiger partial charge in [0, 0.05) is 19.0 Å². The van der Waals surface area contributed by atoms with Gasteiger partial charge in [-0.3, -0.25) is 4.79 Å². The van der Waals surface area contributed by atoms with Crippen molar-refractivity contribution in [1.29, 1.82) is 0 Å². The van der Waals surface area contributed by atoms with Crippen molar-refractivity contribution >= 4 is 21.8 Å². The van der Waals surface area contributed by atoms with Gasteiger partial charge in [0.05, 0.1) is 10.9 Å². The molecule has 0 radical (unpaired) electrons. The topological polar surface area (TPSA) is 40.5 Å². The highest BCUT2D eigenvalue weighted by Crippen LogP contribution is 2.28. The van der Waals surface area contributed by atoms with Crippen molar-refractivity contribution in [3.8, 4) is 0 Å². The van der Waals surface area contributed by atoms with Gasteiger partial charge in [0.1, 0.15) is 0 Å². The van der Waals surface area contributed by atoms with E-state index >= 15 is 0 Å². The lowest BCUT2D eigenvalue weighted by atomic mass is 10.0. The maximum Gasteiger partial charge on any atom is 0.236 e. The third-order valence-corrected chi connectivity index (χ3v) is 4.39. The third kappa shape index (κ3) is 2.53. The number of hydrogen-bond acceptors (Lipinski definition) is 2. The number of aliphatic hydroxyl groups excluding tert-OH is 1. The van der Waals surface area contributed by atoms with Gasteiger partial charge in [-0.15, -0.1) is 0 Å². The van der Waals surface area contributed by atoms with Gasteiger partial charge in [-0.05, 0) is 25.7 Å². The summed E-state index contributed by atoms with van der Waals surface area (Å²) in [7, 11) is 0. The number of carbonyl (C=O) groups excluding carboxylic acids is 1. The molecular formula is C11H18BrNO2. The smallest absolute Gasteiger partial charge is 0.236 e. The van der Waals surface area contributed by atoms with E-state index in [1.54, 1.807) is 0 Å². The Balaban J connectivity index is 1.90. The number of piperidine rings is 1. The first kappa shape index (κ1) is 11.4. The Morgan fingerprint density at radius 1 is 1.33 bits per heavy atom. The number of nitrogens with zero attached hydrogens (tertiary/aromatic N) is 1. The monoisotopic (exact) mass is 275 g/mol. The summed E-state index contributed by atoms with van der Waals surface area (Å²) in [5.41, 5.74) is 0. The number of alkyl halides is 1. The molecule has 0 bridgehead atoms. The Kier molecular flexibility index (Phi) is 3.67. The van der Waals surface area contributed by atoms with E-state index in [0.29, 0.717) is 5.92 Å². The van der Waals surface area contributed by atoms with E-state index in [1.165, 1.54) is 0 Å². The first-order valence-electron chi connectivity index (χ1n) is 5.79. The number of aliphatic hydroxyl groups is 1. The quantitative estimate of drug-likeness (QED) is 0.777. The van der Waals surface area contributed by atoms with Crippen molar-refractivity contribution in [2.45, 2.75) is 43.0 Å². The number of hydrogen-bond donors (Lipinski definition) is 1. The average Bonchev–Trinajstić information content (AvgIpc) is 2.60. The fourth-order valence-corrected chi connectivity index (χ4v) is 3.20. The summed E-state index contributed by atoms with van der Waals surface area (Å²) in [6.45, 7) is 1.62. The minimum atomic E-state index is -0.187. The van der Waals surface area contributed by atoms with Crippen LogP contribution in [-0.2, 0) is 4.79 Å². The first-order chi connectivity index (χ1) is 7.18. The zero-order valence-electron chi connectivity index (χ0n) is 8.86. The molecule has 1 heterocycles. The van der Waals surface area contributed by atoms with Crippen molar-refractivity contribution in [2.75, 3.05) is 13.1 Å². The van der Waals surface area contributed by atoms with Crippen molar-refractivity contribution in [2.24, 2.45) is 5.92 Å². The Bertz CT molecular complexity index is 247. The molecule has 1 aliphatic carbocycles. The highest BCUT2D eigenvalue weighted by atomic mass is 79.9. The molecule has 1 saturated carbocycles. The van der Waals surface area contributed by atoms with E-state index < -0.39 is 0 Å². The fraction of sp³-hybridized carbons (Fsp3) is 0.909. The van der Waals surface area contributed by atoms with Crippen molar-refractivity contribution in [3.63, 3.8) is 0 Å². The van der Waals surface area contributed by atoms with Crippen molar-refractivity contribution in [3.05, 3.63) is 0 Å². The standard InChI is InChI=1S/C11H18BrNO2/c12-9-4-2-6-13(11(9)15)7-8-3-1-5-10(8)14/h8-10,14H,1-7H2. The molecule has 86 valence electrons. The largest absolute Gasteiger partial charge is 0.393 e. The van der Waals surface area contributed by atoms with E-state index in [0.717, 1.165) is 45.2 Å². The second-order valence-corrected chi connectivity index (χ2v) is 5.76. The zero-order chi connectivity index (χ0) is 10.8. The molecule has 2 aliphatic rings. The van der Waals surface area contributed by atoms with Crippen LogP contribution in [0.3, 0.4) is 0 Å². The Morgan fingerprint density at radius 2 is 2.13 bits per heavy atom. The van der Waals surface area contributed by atoms with Crippen LogP contribution in [0, 0.1) is 5.92 Å². The van der Waals surface area contributed by atoms with Gasteiger partial charge in [-0.25, -0.2) is 0 Å². The minimum Gasteiger partial charge on any atom is -0.393 e. The molecule has 2 rings (SSSR count). The molecule has 2 fully saturated rings.